The lowest BCUT2D eigenvalue weighted by atomic mass is 9.95. The zero-order valence-corrected chi connectivity index (χ0v) is 25.3. The molecule has 2 aliphatic heterocycles. The van der Waals surface area contributed by atoms with E-state index in [1.54, 1.807) is 43.7 Å². The highest BCUT2D eigenvalue weighted by molar-refractivity contribution is 9.10. The maximum atomic E-state index is 14.0. The molecule has 0 N–H and O–H groups in total. The molecular weight excluding hydrogens is 598 g/mol. The molecule has 210 valence electrons. The second kappa shape index (κ2) is 11.5. The van der Waals surface area contributed by atoms with Gasteiger partial charge >= 0.3 is 5.97 Å². The third-order valence-corrected chi connectivity index (χ3v) is 8.54. The van der Waals surface area contributed by atoms with Gasteiger partial charge in [-0.3, -0.25) is 9.36 Å². The molecule has 0 amide bonds. The molecule has 0 saturated carbocycles. The number of hydrogen-bond acceptors (Lipinski definition) is 9. The summed E-state index contributed by atoms with van der Waals surface area (Å²) in [7, 11) is 1.61. The van der Waals surface area contributed by atoms with Crippen LogP contribution in [0.4, 0.5) is 5.69 Å². The quantitative estimate of drug-likeness (QED) is 0.347. The highest BCUT2D eigenvalue weighted by atomic mass is 79.9. The maximum absolute atomic E-state index is 14.0. The molecule has 0 unspecified atom stereocenters. The zero-order valence-electron chi connectivity index (χ0n) is 22.9. The Morgan fingerprint density at radius 3 is 2.65 bits per heavy atom. The minimum atomic E-state index is -0.745. The van der Waals surface area contributed by atoms with E-state index in [9.17, 15) is 9.59 Å². The maximum Gasteiger partial charge on any atom is 0.338 e. The number of rotatable bonds is 8. The van der Waals surface area contributed by atoms with Gasteiger partial charge in [0.25, 0.3) is 5.56 Å². The van der Waals surface area contributed by atoms with Gasteiger partial charge in [0.15, 0.2) is 16.3 Å². The molecule has 0 aliphatic carbocycles. The lowest BCUT2D eigenvalue weighted by Gasteiger charge is -2.24. The molecule has 1 atom stereocenters. The molecule has 3 heterocycles. The fourth-order valence-electron chi connectivity index (χ4n) is 4.99. The van der Waals surface area contributed by atoms with Gasteiger partial charge in [-0.1, -0.05) is 17.4 Å². The van der Waals surface area contributed by atoms with E-state index >= 15 is 0 Å². The lowest BCUT2D eigenvalue weighted by Crippen LogP contribution is -2.39. The van der Waals surface area contributed by atoms with Gasteiger partial charge in [0, 0.05) is 29.2 Å². The highest BCUT2D eigenvalue weighted by Gasteiger charge is 2.34. The van der Waals surface area contributed by atoms with Crippen LogP contribution in [0.1, 0.15) is 44.9 Å². The van der Waals surface area contributed by atoms with Crippen LogP contribution >= 0.6 is 27.3 Å². The van der Waals surface area contributed by atoms with Crippen molar-refractivity contribution in [1.29, 1.82) is 0 Å². The minimum Gasteiger partial charge on any atom is -0.496 e. The Balaban J connectivity index is 1.69. The van der Waals surface area contributed by atoms with Crippen LogP contribution < -0.4 is 34.0 Å². The first-order chi connectivity index (χ1) is 19.3. The van der Waals surface area contributed by atoms with Gasteiger partial charge in [-0.2, -0.15) is 0 Å². The number of hydrogen-bond donors (Lipinski definition) is 0. The summed E-state index contributed by atoms with van der Waals surface area (Å²) < 4.78 is 25.1. The van der Waals surface area contributed by atoms with Crippen molar-refractivity contribution in [3.63, 3.8) is 0 Å². The Bertz CT molecular complexity index is 1690. The summed E-state index contributed by atoms with van der Waals surface area (Å²) in [4.78, 5) is 34.5. The van der Waals surface area contributed by atoms with Crippen molar-refractivity contribution in [2.45, 2.75) is 33.7 Å². The summed E-state index contributed by atoms with van der Waals surface area (Å²) in [6.07, 6.45) is 1.81. The first-order valence-electron chi connectivity index (χ1n) is 13.0. The number of carbonyl (C=O) groups excluding carboxylic acids is 1. The molecule has 1 aromatic heterocycles. The van der Waals surface area contributed by atoms with Crippen LogP contribution in [-0.4, -0.2) is 44.1 Å². The molecule has 0 saturated heterocycles. The average Bonchev–Trinajstić information content (AvgIpc) is 3.53. The van der Waals surface area contributed by atoms with E-state index in [0.29, 0.717) is 43.4 Å². The van der Waals surface area contributed by atoms with Gasteiger partial charge in [0.2, 0.25) is 6.79 Å². The van der Waals surface area contributed by atoms with Gasteiger partial charge in [-0.25, -0.2) is 9.79 Å². The zero-order chi connectivity index (χ0) is 28.6. The number of carbonyl (C=O) groups is 1. The van der Waals surface area contributed by atoms with E-state index in [0.717, 1.165) is 28.8 Å². The highest BCUT2D eigenvalue weighted by Crippen LogP contribution is 2.38. The van der Waals surface area contributed by atoms with Crippen molar-refractivity contribution in [2.24, 2.45) is 4.99 Å². The third kappa shape index (κ3) is 4.92. The van der Waals surface area contributed by atoms with Crippen molar-refractivity contribution >= 4 is 45.0 Å². The first-order valence-corrected chi connectivity index (χ1v) is 14.6. The number of methoxy groups -OCH3 is 1. The Hall–Kier alpha value is -3.57. The second-order valence-corrected chi connectivity index (χ2v) is 11.0. The van der Waals surface area contributed by atoms with E-state index < -0.39 is 12.0 Å². The molecule has 11 heteroatoms. The smallest absolute Gasteiger partial charge is 0.338 e. The summed E-state index contributed by atoms with van der Waals surface area (Å²) in [5, 5.41) is 0. The third-order valence-electron chi connectivity index (χ3n) is 6.92. The van der Waals surface area contributed by atoms with Crippen molar-refractivity contribution in [3.05, 3.63) is 76.9 Å². The number of anilines is 1. The van der Waals surface area contributed by atoms with E-state index in [1.807, 2.05) is 18.2 Å². The number of esters is 1. The molecule has 9 nitrogen and oxygen atoms in total. The van der Waals surface area contributed by atoms with Crippen molar-refractivity contribution in [1.82, 2.24) is 4.57 Å². The van der Waals surface area contributed by atoms with Crippen LogP contribution in [0.2, 0.25) is 0 Å². The van der Waals surface area contributed by atoms with Crippen molar-refractivity contribution < 1.29 is 23.7 Å². The number of thiazole rings is 1. The molecule has 5 rings (SSSR count). The molecule has 0 bridgehead atoms. The SMILES string of the molecule is CCOC(=O)C1=C(C)N=c2s/c(=C/c3cc(Br)c(N(CC)CC)cc3OC)c(=O)n2[C@@H]1c1ccc2c(c1)OCO2. The average molecular weight is 629 g/mol. The second-order valence-electron chi connectivity index (χ2n) is 9.13. The summed E-state index contributed by atoms with van der Waals surface area (Å²) in [5.41, 5.74) is 2.99. The fraction of sp³-hybridized carbons (Fsp3) is 0.345. The van der Waals surface area contributed by atoms with E-state index in [-0.39, 0.29) is 19.0 Å². The molecule has 3 aromatic rings. The number of nitrogens with zero attached hydrogens (tertiary/aromatic N) is 3. The van der Waals surface area contributed by atoms with Crippen molar-refractivity contribution in [3.8, 4) is 17.2 Å². The van der Waals surface area contributed by atoms with Crippen LogP contribution in [0.25, 0.3) is 6.08 Å². The Morgan fingerprint density at radius 2 is 1.95 bits per heavy atom. The monoisotopic (exact) mass is 627 g/mol. The standard InChI is InChI=1S/C29H30BrN3O6S/c1-6-32(7-2)20-14-22(36-5)18(11-19(20)30)13-24-27(34)33-26(17-9-10-21-23(12-17)39-15-38-21)25(28(35)37-8-3)16(4)31-29(33)40-24/h9-14,26H,6-8,15H2,1-5H3/b24-13+/t26-/m1/s1. The number of aromatic nitrogens is 1. The molecule has 0 fully saturated rings. The van der Waals surface area contributed by atoms with Crippen molar-refractivity contribution in [2.75, 3.05) is 38.5 Å². The molecular formula is C29H30BrN3O6S. The minimum absolute atomic E-state index is 0.117. The normalized spacial score (nSPS) is 16.1. The summed E-state index contributed by atoms with van der Waals surface area (Å²) in [6.45, 7) is 9.71. The summed E-state index contributed by atoms with van der Waals surface area (Å²) in [5.74, 6) is 1.30. The number of fused-ring (bicyclic) bond motifs is 2. The molecule has 2 aromatic carbocycles. The Kier molecular flexibility index (Phi) is 8.04. The van der Waals surface area contributed by atoms with E-state index in [4.69, 9.17) is 18.9 Å². The van der Waals surface area contributed by atoms with Gasteiger partial charge in [0.05, 0.1) is 41.2 Å². The Labute approximate surface area is 244 Å². The van der Waals surface area contributed by atoms with E-state index in [2.05, 4.69) is 39.7 Å². The lowest BCUT2D eigenvalue weighted by molar-refractivity contribution is -0.139. The number of allylic oxidation sites excluding steroid dienone is 1. The molecule has 2 aliphatic rings. The van der Waals surface area contributed by atoms with E-state index in [1.165, 1.54) is 11.3 Å². The summed E-state index contributed by atoms with van der Waals surface area (Å²) in [6, 6.07) is 8.60. The number of benzene rings is 2. The molecule has 0 spiro atoms. The summed E-state index contributed by atoms with van der Waals surface area (Å²) >= 11 is 4.96. The number of ether oxygens (including phenoxy) is 4. The topological polar surface area (TPSA) is 91.6 Å². The van der Waals surface area contributed by atoms with Crippen LogP contribution in [0, 0.1) is 0 Å². The first kappa shape index (κ1) is 28.0. The predicted molar refractivity (Wildman–Crippen MR) is 157 cm³/mol. The molecule has 0 radical (unpaired) electrons. The molecule has 40 heavy (non-hydrogen) atoms. The van der Waals surface area contributed by atoms with Gasteiger partial charge < -0.3 is 23.8 Å². The van der Waals surface area contributed by atoms with Gasteiger partial charge in [-0.15, -0.1) is 0 Å². The van der Waals surface area contributed by atoms with Gasteiger partial charge in [0.1, 0.15) is 5.75 Å². The van der Waals surface area contributed by atoms with Crippen LogP contribution in [-0.2, 0) is 9.53 Å². The number of halogens is 1. The fourth-order valence-corrected chi connectivity index (χ4v) is 6.63. The largest absolute Gasteiger partial charge is 0.496 e. The predicted octanol–water partition coefficient (Wildman–Crippen LogP) is 4.14. The Morgan fingerprint density at radius 1 is 1.20 bits per heavy atom. The van der Waals surface area contributed by atoms with Crippen LogP contribution in [0.5, 0.6) is 17.2 Å². The van der Waals surface area contributed by atoms with Crippen LogP contribution in [0.15, 0.2) is 55.9 Å². The van der Waals surface area contributed by atoms with Crippen LogP contribution in [0.3, 0.4) is 0 Å². The van der Waals surface area contributed by atoms with Gasteiger partial charge in [-0.05, 0) is 73.5 Å².